The average molecular weight is 1200 g/mol. The minimum atomic E-state index is -0.766. The van der Waals surface area contributed by atoms with Gasteiger partial charge in [-0.05, 0) is 127 Å². The molecule has 468 valence electrons. The number of carbonyl (C=O) groups excluding carboxylic acids is 1. The lowest BCUT2D eigenvalue weighted by atomic mass is 9.84. The number of benzene rings is 5. The smallest absolute Gasteiger partial charge is 0.299 e. The third kappa shape index (κ3) is 21.5. The number of anilines is 3. The number of aryl methyl sites for hydroxylation is 1. The van der Waals surface area contributed by atoms with Crippen molar-refractivity contribution < 1.29 is 29.5 Å². The number of non-ortho nitro benzene ring substituents is 1. The molecule has 0 bridgehead atoms. The number of rotatable bonds is 38. The fraction of sp³-hybridized carbons (Fsp3) is 0.500. The van der Waals surface area contributed by atoms with Crippen LogP contribution in [-0.2, 0) is 14.2 Å². The first kappa shape index (κ1) is 69.8. The van der Waals surface area contributed by atoms with Crippen molar-refractivity contribution in [1.29, 1.82) is 0 Å². The molecular formula is C68H96N9O8S-. The topological polar surface area (TPSA) is 206 Å². The van der Waals surface area contributed by atoms with Gasteiger partial charge in [-0.2, -0.15) is 5.11 Å². The van der Waals surface area contributed by atoms with E-state index in [0.717, 1.165) is 63.5 Å². The number of nitro benzene ring substituents is 1. The maximum atomic E-state index is 13.4. The Labute approximate surface area is 515 Å². The van der Waals surface area contributed by atoms with E-state index in [-0.39, 0.29) is 34.5 Å². The van der Waals surface area contributed by atoms with E-state index in [2.05, 4.69) is 173 Å². The van der Waals surface area contributed by atoms with Gasteiger partial charge in [-0.25, -0.2) is 9.94 Å². The molecule has 1 aromatic heterocycles. The second-order valence-corrected chi connectivity index (χ2v) is 23.3. The van der Waals surface area contributed by atoms with Gasteiger partial charge >= 0.3 is 0 Å². The zero-order chi connectivity index (χ0) is 62.3. The molecule has 1 heterocycles. The van der Waals surface area contributed by atoms with Gasteiger partial charge in [-0.3, -0.25) is 24.8 Å². The van der Waals surface area contributed by atoms with Crippen molar-refractivity contribution in [3.05, 3.63) is 158 Å². The quantitative estimate of drug-likeness (QED) is 0.00630. The standard InChI is InChI=1S/C52H84N4O.C16H13N5O7S/c1-9-15-16-17-18-19-20-21-22-23-24-25-26-27-28-29-42-53-51(57)52(7,8)43-56(14-6)49-40-34-46(35-41-49)50(44-30-36-47(37-31-44)54(10-2)11-3)45-32-38-48(39-33-45)55(12-4)13-5;1-9-14(16(23)20(19-9)10-5-3-2-4-6-10)18-17-12-7-11(21(24)25)8-13(15(12)22)29-28-27-26/h30-41,50H,9-29,42-43H2,1-8H3,(H,53,57);2-8,19,22,26H,1H3/p-1. The third-order valence-corrected chi connectivity index (χ3v) is 16.5. The van der Waals surface area contributed by atoms with Gasteiger partial charge in [0.2, 0.25) is 5.91 Å². The molecule has 0 spiro atoms. The highest BCUT2D eigenvalue weighted by Crippen LogP contribution is 2.40. The molecule has 0 fully saturated rings. The van der Waals surface area contributed by atoms with Crippen LogP contribution >= 0.6 is 12.0 Å². The summed E-state index contributed by atoms with van der Waals surface area (Å²) in [7, 11) is 0. The highest BCUT2D eigenvalue weighted by Gasteiger charge is 2.30. The number of amides is 1. The fourth-order valence-corrected chi connectivity index (χ4v) is 11.3. The van der Waals surface area contributed by atoms with E-state index < -0.39 is 33.0 Å². The van der Waals surface area contributed by atoms with Gasteiger partial charge in [0.05, 0.1) is 39.4 Å². The number of hydrogen-bond donors (Lipinski definition) is 3. The summed E-state index contributed by atoms with van der Waals surface area (Å²) in [6, 6.07) is 38.0. The van der Waals surface area contributed by atoms with E-state index in [9.17, 15) is 24.8 Å². The van der Waals surface area contributed by atoms with Crippen LogP contribution in [0.2, 0.25) is 0 Å². The molecule has 1 amide bonds. The van der Waals surface area contributed by atoms with Crippen molar-refractivity contribution in [3.63, 3.8) is 0 Å². The summed E-state index contributed by atoms with van der Waals surface area (Å²) in [5.41, 5.74) is 6.59. The zero-order valence-electron chi connectivity index (χ0n) is 52.7. The Hall–Kier alpha value is -6.99. The molecule has 0 radical (unpaired) electrons. The van der Waals surface area contributed by atoms with Crippen LogP contribution in [0.5, 0.6) is 5.75 Å². The predicted molar refractivity (Wildman–Crippen MR) is 350 cm³/mol. The molecule has 6 aromatic rings. The number of nitrogens with one attached hydrogen (secondary N) is 2. The molecule has 17 nitrogen and oxygen atoms in total. The fourth-order valence-electron chi connectivity index (χ4n) is 10.8. The maximum absolute atomic E-state index is 13.4. The SMILES string of the molecule is CCCCCCCCCCCCCCCCCCNC(=O)C(C)(C)CN(CC)c1ccc(C(c2ccc(N(CC)CC)cc2)c2ccc(N(CC)CC)cc2)cc1.Cc1[nH]n(-c2ccccc2)c(=O)c1N=Nc1cc([N+](=O)[O-])cc(SOOO)c1[O-]. The minimum absolute atomic E-state index is 0.0658. The molecule has 18 heteroatoms. The van der Waals surface area contributed by atoms with Crippen LogP contribution in [0.4, 0.5) is 34.1 Å². The summed E-state index contributed by atoms with van der Waals surface area (Å²) in [5.74, 6) is -0.490. The molecule has 5 aromatic carbocycles. The number of H-pyrrole nitrogens is 1. The van der Waals surface area contributed by atoms with E-state index in [1.54, 1.807) is 37.3 Å². The second kappa shape index (κ2) is 37.5. The number of aromatic nitrogens is 2. The highest BCUT2D eigenvalue weighted by molar-refractivity contribution is 7.94. The number of aromatic amines is 1. The van der Waals surface area contributed by atoms with E-state index in [1.807, 2.05) is 0 Å². The van der Waals surface area contributed by atoms with E-state index in [4.69, 9.17) is 5.26 Å². The molecule has 0 saturated carbocycles. The van der Waals surface area contributed by atoms with Crippen molar-refractivity contribution in [1.82, 2.24) is 15.1 Å². The molecule has 3 N–H and O–H groups in total. The first-order valence-corrected chi connectivity index (χ1v) is 32.1. The number of carbonyl (C=O) groups is 1. The van der Waals surface area contributed by atoms with Crippen LogP contribution in [0.3, 0.4) is 0 Å². The van der Waals surface area contributed by atoms with Gasteiger partial charge in [0.1, 0.15) is 0 Å². The van der Waals surface area contributed by atoms with E-state index >= 15 is 0 Å². The van der Waals surface area contributed by atoms with Crippen molar-refractivity contribution >= 4 is 52.1 Å². The minimum Gasteiger partial charge on any atom is -0.870 e. The number of nitrogens with zero attached hydrogens (tertiary/aromatic N) is 7. The first-order chi connectivity index (χ1) is 41.6. The van der Waals surface area contributed by atoms with Crippen molar-refractivity contribution in [2.45, 2.75) is 176 Å². The van der Waals surface area contributed by atoms with Crippen LogP contribution in [0.15, 0.2) is 135 Å². The lowest BCUT2D eigenvalue weighted by Crippen LogP contribution is -2.45. The van der Waals surface area contributed by atoms with Crippen LogP contribution in [0, 0.1) is 22.5 Å². The molecule has 0 unspecified atom stereocenters. The van der Waals surface area contributed by atoms with Crippen molar-refractivity contribution in [2.24, 2.45) is 15.6 Å². The lowest BCUT2D eigenvalue weighted by Gasteiger charge is -2.33. The van der Waals surface area contributed by atoms with E-state index in [1.165, 1.54) is 129 Å². The Kier molecular flexibility index (Phi) is 30.5. The van der Waals surface area contributed by atoms with Gasteiger partial charge in [0.25, 0.3) is 11.2 Å². The van der Waals surface area contributed by atoms with Crippen LogP contribution in [-0.4, -0.2) is 71.7 Å². The predicted octanol–water partition coefficient (Wildman–Crippen LogP) is 17.1. The Morgan fingerprint density at radius 3 is 1.53 bits per heavy atom. The second-order valence-electron chi connectivity index (χ2n) is 22.5. The Morgan fingerprint density at radius 1 is 0.663 bits per heavy atom. The molecule has 0 atom stereocenters. The number of para-hydroxylation sites is 1. The summed E-state index contributed by atoms with van der Waals surface area (Å²) in [5, 5.41) is 48.7. The van der Waals surface area contributed by atoms with Crippen molar-refractivity contribution in [2.75, 3.05) is 60.5 Å². The molecule has 6 rings (SSSR count). The van der Waals surface area contributed by atoms with E-state index in [0.29, 0.717) is 17.9 Å². The van der Waals surface area contributed by atoms with Crippen LogP contribution in [0.1, 0.15) is 186 Å². The third-order valence-electron chi connectivity index (χ3n) is 15.9. The summed E-state index contributed by atoms with van der Waals surface area (Å²) >= 11 is 0.259. The summed E-state index contributed by atoms with van der Waals surface area (Å²) in [6.07, 6.45) is 21.8. The zero-order valence-corrected chi connectivity index (χ0v) is 53.5. The number of hydrogen-bond acceptors (Lipinski definition) is 14. The largest absolute Gasteiger partial charge is 0.870 e. The average Bonchev–Trinajstić information content (AvgIpc) is 1.95. The van der Waals surface area contributed by atoms with Crippen molar-refractivity contribution in [3.8, 4) is 11.4 Å². The Morgan fingerprint density at radius 2 is 1.10 bits per heavy atom. The maximum Gasteiger partial charge on any atom is 0.299 e. The number of nitro groups is 1. The summed E-state index contributed by atoms with van der Waals surface area (Å²) in [4.78, 5) is 43.2. The normalized spacial score (nSPS) is 11.5. The molecule has 0 saturated heterocycles. The molecule has 0 aliphatic heterocycles. The highest BCUT2D eigenvalue weighted by atomic mass is 32.2. The van der Waals surface area contributed by atoms with Crippen LogP contribution < -0.4 is 30.7 Å². The molecule has 0 aliphatic rings. The number of unbranched alkanes of at least 4 members (excludes halogenated alkanes) is 15. The summed E-state index contributed by atoms with van der Waals surface area (Å²) < 4.78 is 5.42. The lowest BCUT2D eigenvalue weighted by molar-refractivity contribution is -0.432. The summed E-state index contributed by atoms with van der Waals surface area (Å²) in [6.45, 7) is 25.4. The van der Waals surface area contributed by atoms with Gasteiger partial charge in [-0.1, -0.05) is 169 Å². The number of azo groups is 1. The van der Waals surface area contributed by atoms with Gasteiger partial charge in [-0.15, -0.1) is 9.45 Å². The molecular weight excluding hydrogens is 1100 g/mol. The molecule has 86 heavy (non-hydrogen) atoms. The Balaban J connectivity index is 0.000000387. The van der Waals surface area contributed by atoms with Gasteiger partial charge in [0.15, 0.2) is 5.69 Å². The van der Waals surface area contributed by atoms with Crippen LogP contribution in [0.25, 0.3) is 5.69 Å². The Bertz CT molecular complexity index is 2940. The van der Waals surface area contributed by atoms with Gasteiger partial charge in [0, 0.05) is 85.8 Å². The molecule has 0 aliphatic carbocycles. The van der Waals surface area contributed by atoms with Gasteiger partial charge < -0.3 is 25.1 Å². The first-order valence-electron chi connectivity index (χ1n) is 31.4. The monoisotopic (exact) mass is 1200 g/mol.